The van der Waals surface area contributed by atoms with E-state index in [4.69, 9.17) is 5.73 Å². The van der Waals surface area contributed by atoms with Crippen LogP contribution in [0.5, 0.6) is 0 Å². The van der Waals surface area contributed by atoms with Crippen molar-refractivity contribution in [3.8, 4) is 0 Å². The van der Waals surface area contributed by atoms with Crippen LogP contribution in [-0.2, 0) is 0 Å². The maximum Gasteiger partial charge on any atom is 0.141 e. The lowest BCUT2D eigenvalue weighted by molar-refractivity contribution is 0.384. The zero-order valence-electron chi connectivity index (χ0n) is 11.3. The third-order valence-corrected chi connectivity index (χ3v) is 4.22. The zero-order chi connectivity index (χ0) is 13.5. The van der Waals surface area contributed by atoms with Crippen LogP contribution in [0.3, 0.4) is 0 Å². The maximum absolute atomic E-state index is 5.96. The Kier molecular flexibility index (Phi) is 2.63. The summed E-state index contributed by atoms with van der Waals surface area (Å²) in [5.41, 5.74) is 9.08. The number of aromatic nitrogens is 2. The summed E-state index contributed by atoms with van der Waals surface area (Å²) < 4.78 is 2.39. The number of piperidine rings is 1. The summed E-state index contributed by atoms with van der Waals surface area (Å²) in [6.45, 7) is 2.13. The lowest BCUT2D eigenvalue weighted by atomic mass is 10.1. The summed E-state index contributed by atoms with van der Waals surface area (Å²) in [4.78, 5) is 4.62. The molecule has 1 atom stereocenters. The second kappa shape index (κ2) is 4.49. The van der Waals surface area contributed by atoms with E-state index in [0.29, 0.717) is 6.04 Å². The molecule has 3 aromatic rings. The zero-order valence-corrected chi connectivity index (χ0v) is 11.3. The molecule has 0 spiro atoms. The molecule has 2 aromatic heterocycles. The SMILES string of the molecule is Nc1ccc2c(c1)c1cccnc1n2C1CCCNC1. The Morgan fingerprint density at radius 2 is 2.20 bits per heavy atom. The summed E-state index contributed by atoms with van der Waals surface area (Å²) >= 11 is 0. The molecule has 0 amide bonds. The Hall–Kier alpha value is -2.07. The first-order chi connectivity index (χ1) is 9.84. The topological polar surface area (TPSA) is 55.9 Å². The van der Waals surface area contributed by atoms with Crippen molar-refractivity contribution in [1.29, 1.82) is 0 Å². The highest BCUT2D eigenvalue weighted by Gasteiger charge is 2.20. The molecule has 20 heavy (non-hydrogen) atoms. The number of nitrogens with zero attached hydrogens (tertiary/aromatic N) is 2. The minimum atomic E-state index is 0.474. The molecule has 1 fully saturated rings. The third kappa shape index (κ3) is 1.68. The minimum absolute atomic E-state index is 0.474. The number of nitrogens with two attached hydrogens (primary N) is 1. The molecule has 0 aliphatic carbocycles. The lowest BCUT2D eigenvalue weighted by Gasteiger charge is -2.25. The molecule has 3 N–H and O–H groups in total. The van der Waals surface area contributed by atoms with Crippen molar-refractivity contribution in [2.45, 2.75) is 18.9 Å². The third-order valence-electron chi connectivity index (χ3n) is 4.22. The molecular weight excluding hydrogens is 248 g/mol. The minimum Gasteiger partial charge on any atom is -0.399 e. The summed E-state index contributed by atoms with van der Waals surface area (Å²) in [5.74, 6) is 0. The molecule has 0 radical (unpaired) electrons. The smallest absolute Gasteiger partial charge is 0.141 e. The maximum atomic E-state index is 5.96. The fourth-order valence-electron chi connectivity index (χ4n) is 3.32. The number of hydrogen-bond donors (Lipinski definition) is 2. The van der Waals surface area contributed by atoms with Crippen LogP contribution in [0.2, 0.25) is 0 Å². The predicted octanol–water partition coefficient (Wildman–Crippen LogP) is 2.70. The molecule has 4 rings (SSSR count). The van der Waals surface area contributed by atoms with Gasteiger partial charge in [0.25, 0.3) is 0 Å². The largest absolute Gasteiger partial charge is 0.399 e. The van der Waals surface area contributed by atoms with Crippen molar-refractivity contribution < 1.29 is 0 Å². The Balaban J connectivity index is 2.05. The average Bonchev–Trinajstić information content (AvgIpc) is 2.82. The van der Waals surface area contributed by atoms with E-state index in [0.717, 1.165) is 24.4 Å². The normalized spacial score (nSPS) is 19.7. The van der Waals surface area contributed by atoms with E-state index in [1.807, 2.05) is 18.3 Å². The molecule has 0 bridgehead atoms. The highest BCUT2D eigenvalue weighted by molar-refractivity contribution is 6.07. The van der Waals surface area contributed by atoms with Crippen LogP contribution in [-0.4, -0.2) is 22.6 Å². The van der Waals surface area contributed by atoms with Gasteiger partial charge in [-0.05, 0) is 49.7 Å². The summed E-state index contributed by atoms with van der Waals surface area (Å²) in [5, 5.41) is 5.89. The van der Waals surface area contributed by atoms with Gasteiger partial charge in [-0.1, -0.05) is 0 Å². The van der Waals surface area contributed by atoms with Crippen molar-refractivity contribution in [2.75, 3.05) is 18.8 Å². The molecule has 4 heteroatoms. The Morgan fingerprint density at radius 3 is 3.05 bits per heavy atom. The monoisotopic (exact) mass is 266 g/mol. The van der Waals surface area contributed by atoms with Gasteiger partial charge in [-0.3, -0.25) is 0 Å². The van der Waals surface area contributed by atoms with E-state index in [2.05, 4.69) is 33.1 Å². The lowest BCUT2D eigenvalue weighted by Crippen LogP contribution is -2.31. The summed E-state index contributed by atoms with van der Waals surface area (Å²) in [6.07, 6.45) is 4.29. The number of rotatable bonds is 1. The molecule has 0 saturated carbocycles. The van der Waals surface area contributed by atoms with Crippen molar-refractivity contribution in [1.82, 2.24) is 14.9 Å². The van der Waals surface area contributed by atoms with Gasteiger partial charge in [0, 0.05) is 35.2 Å². The van der Waals surface area contributed by atoms with Crippen LogP contribution in [0.4, 0.5) is 5.69 Å². The Morgan fingerprint density at radius 1 is 1.25 bits per heavy atom. The van der Waals surface area contributed by atoms with Crippen molar-refractivity contribution in [3.63, 3.8) is 0 Å². The molecule has 4 nitrogen and oxygen atoms in total. The van der Waals surface area contributed by atoms with E-state index < -0.39 is 0 Å². The van der Waals surface area contributed by atoms with Crippen molar-refractivity contribution in [3.05, 3.63) is 36.5 Å². The Bertz CT molecular complexity index is 769. The number of hydrogen-bond acceptors (Lipinski definition) is 3. The first kappa shape index (κ1) is 11.7. The van der Waals surface area contributed by atoms with Crippen LogP contribution in [0.1, 0.15) is 18.9 Å². The van der Waals surface area contributed by atoms with Crippen LogP contribution < -0.4 is 11.1 Å². The number of nitrogen functional groups attached to an aromatic ring is 1. The number of fused-ring (bicyclic) bond motifs is 3. The molecule has 1 saturated heterocycles. The number of anilines is 1. The Labute approximate surface area is 117 Å². The van der Waals surface area contributed by atoms with Crippen LogP contribution in [0, 0.1) is 0 Å². The van der Waals surface area contributed by atoms with Gasteiger partial charge in [-0.2, -0.15) is 0 Å². The van der Waals surface area contributed by atoms with E-state index in [1.54, 1.807) is 0 Å². The summed E-state index contributed by atoms with van der Waals surface area (Å²) in [6, 6.07) is 10.8. The number of benzene rings is 1. The predicted molar refractivity (Wildman–Crippen MR) is 82.8 cm³/mol. The van der Waals surface area contributed by atoms with E-state index in [1.165, 1.54) is 29.1 Å². The highest BCUT2D eigenvalue weighted by atomic mass is 15.1. The van der Waals surface area contributed by atoms with Crippen molar-refractivity contribution >= 4 is 27.6 Å². The fraction of sp³-hybridized carbons (Fsp3) is 0.312. The molecule has 3 heterocycles. The first-order valence-corrected chi connectivity index (χ1v) is 7.19. The van der Waals surface area contributed by atoms with Gasteiger partial charge in [0.15, 0.2) is 0 Å². The highest BCUT2D eigenvalue weighted by Crippen LogP contribution is 2.33. The van der Waals surface area contributed by atoms with Gasteiger partial charge in [-0.15, -0.1) is 0 Å². The molecule has 1 aliphatic rings. The quantitative estimate of drug-likeness (QED) is 0.666. The molecule has 1 unspecified atom stereocenters. The summed E-state index contributed by atoms with van der Waals surface area (Å²) in [7, 11) is 0. The number of pyridine rings is 1. The van der Waals surface area contributed by atoms with E-state index in [-0.39, 0.29) is 0 Å². The second-order valence-electron chi connectivity index (χ2n) is 5.52. The standard InChI is InChI=1S/C16H18N4/c17-11-5-6-15-14(9-11)13-4-2-8-19-16(13)20(15)12-3-1-7-18-10-12/h2,4-6,8-9,12,18H,1,3,7,10,17H2. The van der Waals surface area contributed by atoms with Crippen LogP contribution in [0.25, 0.3) is 21.9 Å². The van der Waals surface area contributed by atoms with Gasteiger partial charge in [-0.25, -0.2) is 4.98 Å². The van der Waals surface area contributed by atoms with E-state index in [9.17, 15) is 0 Å². The van der Waals surface area contributed by atoms with Gasteiger partial charge < -0.3 is 15.6 Å². The molecule has 102 valence electrons. The van der Waals surface area contributed by atoms with Gasteiger partial charge in [0.1, 0.15) is 5.65 Å². The second-order valence-corrected chi connectivity index (χ2v) is 5.52. The first-order valence-electron chi connectivity index (χ1n) is 7.19. The van der Waals surface area contributed by atoms with Gasteiger partial charge >= 0.3 is 0 Å². The van der Waals surface area contributed by atoms with Crippen LogP contribution in [0.15, 0.2) is 36.5 Å². The fourth-order valence-corrected chi connectivity index (χ4v) is 3.32. The average molecular weight is 266 g/mol. The van der Waals surface area contributed by atoms with Crippen LogP contribution >= 0.6 is 0 Å². The number of nitrogens with one attached hydrogen (secondary N) is 1. The molecule has 1 aliphatic heterocycles. The van der Waals surface area contributed by atoms with Crippen molar-refractivity contribution in [2.24, 2.45) is 0 Å². The van der Waals surface area contributed by atoms with E-state index >= 15 is 0 Å². The molecular formula is C16H18N4. The molecule has 1 aromatic carbocycles. The van der Waals surface area contributed by atoms with Gasteiger partial charge in [0.05, 0.1) is 5.52 Å². The van der Waals surface area contributed by atoms with Gasteiger partial charge in [0.2, 0.25) is 0 Å².